The van der Waals surface area contributed by atoms with E-state index in [0.29, 0.717) is 18.2 Å². The van der Waals surface area contributed by atoms with Crippen LogP contribution >= 0.6 is 11.6 Å². The molecule has 0 aliphatic rings. The summed E-state index contributed by atoms with van der Waals surface area (Å²) in [5.41, 5.74) is -1.73. The average molecular weight is 284 g/mol. The van der Waals surface area contributed by atoms with Gasteiger partial charge in [0.25, 0.3) is 5.91 Å². The third kappa shape index (κ3) is 3.60. The first-order valence-corrected chi connectivity index (χ1v) is 5.52. The molecule has 0 saturated carbocycles. The zero-order valence-corrected chi connectivity index (χ0v) is 10.1. The lowest BCUT2D eigenvalue weighted by atomic mass is 10.1. The molecular weight excluding hydrogens is 274 g/mol. The van der Waals surface area contributed by atoms with Crippen molar-refractivity contribution in [2.45, 2.75) is 19.1 Å². The number of carbonyl (C=O) groups is 1. The number of nitrogens with one attached hydrogen (secondary N) is 1. The second-order valence-corrected chi connectivity index (χ2v) is 4.03. The van der Waals surface area contributed by atoms with E-state index < -0.39 is 35.1 Å². The van der Waals surface area contributed by atoms with E-state index in [0.717, 1.165) is 0 Å². The standard InChI is InChI=1S/C11H10ClF4NO/c1-6(5-12)17-10(18)8-4-7(11(14,15)16)2-3-9(8)13/h2-4,6H,5H2,1H3,(H,17,18). The Morgan fingerprint density at radius 3 is 2.56 bits per heavy atom. The largest absolute Gasteiger partial charge is 0.416 e. The van der Waals surface area contributed by atoms with Crippen LogP contribution in [0.3, 0.4) is 0 Å². The van der Waals surface area contributed by atoms with Gasteiger partial charge in [-0.05, 0) is 25.1 Å². The highest BCUT2D eigenvalue weighted by atomic mass is 35.5. The molecule has 1 rings (SSSR count). The van der Waals surface area contributed by atoms with Gasteiger partial charge in [0.05, 0.1) is 11.1 Å². The Kier molecular flexibility index (Phi) is 4.56. The van der Waals surface area contributed by atoms with Gasteiger partial charge < -0.3 is 5.32 Å². The molecule has 1 aromatic carbocycles. The maximum Gasteiger partial charge on any atom is 0.416 e. The summed E-state index contributed by atoms with van der Waals surface area (Å²) in [7, 11) is 0. The average Bonchev–Trinajstić information content (AvgIpc) is 2.27. The van der Waals surface area contributed by atoms with Crippen LogP contribution in [0.4, 0.5) is 17.6 Å². The van der Waals surface area contributed by atoms with Gasteiger partial charge in [-0.3, -0.25) is 4.79 Å². The zero-order chi connectivity index (χ0) is 13.9. The first-order valence-electron chi connectivity index (χ1n) is 4.99. The molecule has 0 fully saturated rings. The number of hydrogen-bond acceptors (Lipinski definition) is 1. The highest BCUT2D eigenvalue weighted by molar-refractivity contribution is 6.18. The lowest BCUT2D eigenvalue weighted by Gasteiger charge is -2.13. The fourth-order valence-corrected chi connectivity index (χ4v) is 1.29. The predicted molar refractivity (Wildman–Crippen MR) is 59.1 cm³/mol. The molecule has 7 heteroatoms. The molecule has 1 aromatic rings. The van der Waals surface area contributed by atoms with Crippen LogP contribution in [0.25, 0.3) is 0 Å². The molecule has 1 amide bonds. The van der Waals surface area contributed by atoms with Gasteiger partial charge in [0, 0.05) is 11.9 Å². The quantitative estimate of drug-likeness (QED) is 0.670. The van der Waals surface area contributed by atoms with Crippen molar-refractivity contribution in [2.24, 2.45) is 0 Å². The van der Waals surface area contributed by atoms with Crippen molar-refractivity contribution in [3.63, 3.8) is 0 Å². The Morgan fingerprint density at radius 1 is 1.44 bits per heavy atom. The molecule has 1 atom stereocenters. The highest BCUT2D eigenvalue weighted by Gasteiger charge is 2.32. The number of halogens is 5. The summed E-state index contributed by atoms with van der Waals surface area (Å²) in [6.45, 7) is 1.55. The molecule has 2 nitrogen and oxygen atoms in total. The van der Waals surface area contributed by atoms with Crippen molar-refractivity contribution in [1.29, 1.82) is 0 Å². The van der Waals surface area contributed by atoms with Crippen LogP contribution in [0.1, 0.15) is 22.8 Å². The maximum atomic E-state index is 13.3. The van der Waals surface area contributed by atoms with Crippen molar-refractivity contribution < 1.29 is 22.4 Å². The molecule has 0 aromatic heterocycles. The predicted octanol–water partition coefficient (Wildman–Crippen LogP) is 3.20. The number of alkyl halides is 4. The SMILES string of the molecule is CC(CCl)NC(=O)c1cc(C(F)(F)F)ccc1F. The summed E-state index contributed by atoms with van der Waals surface area (Å²) in [6.07, 6.45) is -4.62. The zero-order valence-electron chi connectivity index (χ0n) is 9.31. The van der Waals surface area contributed by atoms with E-state index in [1.54, 1.807) is 6.92 Å². The molecule has 1 unspecified atom stereocenters. The van der Waals surface area contributed by atoms with Crippen LogP contribution in [0.15, 0.2) is 18.2 Å². The summed E-state index contributed by atoms with van der Waals surface area (Å²) in [5, 5.41) is 2.29. The Hall–Kier alpha value is -1.30. The van der Waals surface area contributed by atoms with Gasteiger partial charge in [0.15, 0.2) is 0 Å². The van der Waals surface area contributed by atoms with Crippen molar-refractivity contribution >= 4 is 17.5 Å². The molecule has 0 spiro atoms. The van der Waals surface area contributed by atoms with Gasteiger partial charge in [-0.2, -0.15) is 13.2 Å². The van der Waals surface area contributed by atoms with E-state index in [-0.39, 0.29) is 5.88 Å². The Morgan fingerprint density at radius 2 is 2.06 bits per heavy atom. The third-order valence-electron chi connectivity index (χ3n) is 2.15. The van der Waals surface area contributed by atoms with Crippen molar-refractivity contribution in [3.8, 4) is 0 Å². The van der Waals surface area contributed by atoms with Crippen molar-refractivity contribution in [3.05, 3.63) is 35.1 Å². The molecular formula is C11H10ClF4NO. The summed E-state index contributed by atoms with van der Waals surface area (Å²) in [6, 6.07) is 1.21. The van der Waals surface area contributed by atoms with Gasteiger partial charge in [0.1, 0.15) is 5.82 Å². The van der Waals surface area contributed by atoms with Crippen LogP contribution in [-0.2, 0) is 6.18 Å². The number of carbonyl (C=O) groups excluding carboxylic acids is 1. The van der Waals surface area contributed by atoms with Gasteiger partial charge in [0.2, 0.25) is 0 Å². The van der Waals surface area contributed by atoms with Crippen molar-refractivity contribution in [2.75, 3.05) is 5.88 Å². The van der Waals surface area contributed by atoms with E-state index in [1.807, 2.05) is 0 Å². The molecule has 0 heterocycles. The molecule has 0 aliphatic heterocycles. The molecule has 0 saturated heterocycles. The number of rotatable bonds is 3. The maximum absolute atomic E-state index is 13.3. The van der Waals surface area contributed by atoms with Crippen LogP contribution in [-0.4, -0.2) is 17.8 Å². The van der Waals surface area contributed by atoms with E-state index in [2.05, 4.69) is 5.32 Å². The lowest BCUT2D eigenvalue weighted by molar-refractivity contribution is -0.137. The van der Waals surface area contributed by atoms with E-state index in [9.17, 15) is 22.4 Å². The monoisotopic (exact) mass is 283 g/mol. The first-order chi connectivity index (χ1) is 8.25. The molecule has 18 heavy (non-hydrogen) atoms. The summed E-state index contributed by atoms with van der Waals surface area (Å²) < 4.78 is 50.6. The van der Waals surface area contributed by atoms with E-state index in [1.165, 1.54) is 0 Å². The van der Waals surface area contributed by atoms with E-state index in [4.69, 9.17) is 11.6 Å². The van der Waals surface area contributed by atoms with E-state index >= 15 is 0 Å². The summed E-state index contributed by atoms with van der Waals surface area (Å²) in [4.78, 5) is 11.5. The number of benzene rings is 1. The third-order valence-corrected chi connectivity index (χ3v) is 2.61. The topological polar surface area (TPSA) is 29.1 Å². The van der Waals surface area contributed by atoms with Crippen LogP contribution in [0.5, 0.6) is 0 Å². The molecule has 1 N–H and O–H groups in total. The minimum atomic E-state index is -4.62. The Balaban J connectivity index is 3.04. The Labute approximate surface area is 106 Å². The highest BCUT2D eigenvalue weighted by Crippen LogP contribution is 2.30. The van der Waals surface area contributed by atoms with Gasteiger partial charge in [-0.25, -0.2) is 4.39 Å². The second kappa shape index (κ2) is 5.56. The van der Waals surface area contributed by atoms with Crippen LogP contribution < -0.4 is 5.32 Å². The molecule has 0 aliphatic carbocycles. The lowest BCUT2D eigenvalue weighted by Crippen LogP contribution is -2.34. The normalized spacial score (nSPS) is 13.2. The van der Waals surface area contributed by atoms with Crippen molar-refractivity contribution in [1.82, 2.24) is 5.32 Å². The smallest absolute Gasteiger partial charge is 0.348 e. The molecule has 0 bridgehead atoms. The minimum Gasteiger partial charge on any atom is -0.348 e. The fourth-order valence-electron chi connectivity index (χ4n) is 1.22. The second-order valence-electron chi connectivity index (χ2n) is 3.72. The van der Waals surface area contributed by atoms with Crippen LogP contribution in [0.2, 0.25) is 0 Å². The first kappa shape index (κ1) is 14.8. The van der Waals surface area contributed by atoms with Gasteiger partial charge >= 0.3 is 6.18 Å². The molecule has 100 valence electrons. The number of hydrogen-bond donors (Lipinski definition) is 1. The fraction of sp³-hybridized carbons (Fsp3) is 0.364. The van der Waals surface area contributed by atoms with Crippen LogP contribution in [0, 0.1) is 5.82 Å². The summed E-state index contributed by atoms with van der Waals surface area (Å²) >= 11 is 5.44. The molecule has 0 radical (unpaired) electrons. The number of amides is 1. The van der Waals surface area contributed by atoms with Gasteiger partial charge in [-0.15, -0.1) is 11.6 Å². The van der Waals surface area contributed by atoms with Gasteiger partial charge in [-0.1, -0.05) is 0 Å². The Bertz CT molecular complexity index is 447. The summed E-state index contributed by atoms with van der Waals surface area (Å²) in [5.74, 6) is -1.86. The minimum absolute atomic E-state index is 0.0757.